The zero-order chi connectivity index (χ0) is 15.5. The lowest BCUT2D eigenvalue weighted by atomic mass is 9.97. The number of nitrogens with zero attached hydrogens (tertiary/aromatic N) is 1. The van der Waals surface area contributed by atoms with Gasteiger partial charge in [-0.25, -0.2) is 0 Å². The van der Waals surface area contributed by atoms with E-state index in [-0.39, 0.29) is 12.0 Å². The number of amides is 1. The van der Waals surface area contributed by atoms with Crippen molar-refractivity contribution in [3.05, 3.63) is 29.8 Å². The largest absolute Gasteiger partial charge is 0.480 e. The summed E-state index contributed by atoms with van der Waals surface area (Å²) in [4.78, 5) is 14.8. The maximum Gasteiger partial charge on any atom is 0.261 e. The van der Waals surface area contributed by atoms with Gasteiger partial charge in [0.2, 0.25) is 0 Å². The van der Waals surface area contributed by atoms with Crippen molar-refractivity contribution in [3.63, 3.8) is 0 Å². The Balaban J connectivity index is 1.47. The SMILES string of the molecule is CC(C)N1CCC[C@H](CNC(=O)[C@@H]2Cc3ccccc3O2)C1. The first-order valence-electron chi connectivity index (χ1n) is 8.40. The lowest BCUT2D eigenvalue weighted by Crippen LogP contribution is -2.46. The van der Waals surface area contributed by atoms with E-state index in [2.05, 4.69) is 24.1 Å². The zero-order valence-electron chi connectivity index (χ0n) is 13.5. The number of nitrogens with one attached hydrogen (secondary N) is 1. The van der Waals surface area contributed by atoms with Crippen molar-refractivity contribution in [2.75, 3.05) is 19.6 Å². The normalized spacial score (nSPS) is 24.9. The van der Waals surface area contributed by atoms with Crippen LogP contribution in [0.4, 0.5) is 0 Å². The molecule has 0 saturated carbocycles. The number of hydrogen-bond acceptors (Lipinski definition) is 3. The molecule has 22 heavy (non-hydrogen) atoms. The molecule has 1 amide bonds. The Morgan fingerprint density at radius 3 is 3.00 bits per heavy atom. The fourth-order valence-corrected chi connectivity index (χ4v) is 3.42. The highest BCUT2D eigenvalue weighted by molar-refractivity contribution is 5.82. The summed E-state index contributed by atoms with van der Waals surface area (Å²) in [6.07, 6.45) is 2.76. The van der Waals surface area contributed by atoms with Crippen LogP contribution in [0.5, 0.6) is 5.75 Å². The van der Waals surface area contributed by atoms with Crippen LogP contribution in [0.2, 0.25) is 0 Å². The summed E-state index contributed by atoms with van der Waals surface area (Å²) >= 11 is 0. The third kappa shape index (κ3) is 3.43. The molecule has 2 aliphatic rings. The van der Waals surface area contributed by atoms with Crippen LogP contribution in [-0.4, -0.2) is 42.6 Å². The highest BCUT2D eigenvalue weighted by Gasteiger charge is 2.29. The Morgan fingerprint density at radius 1 is 1.41 bits per heavy atom. The summed E-state index contributed by atoms with van der Waals surface area (Å²) in [7, 11) is 0. The molecule has 2 heterocycles. The number of ether oxygens (including phenoxy) is 1. The first kappa shape index (κ1) is 15.3. The first-order chi connectivity index (χ1) is 10.6. The van der Waals surface area contributed by atoms with Crippen LogP contribution in [0.1, 0.15) is 32.3 Å². The van der Waals surface area contributed by atoms with E-state index in [9.17, 15) is 4.79 Å². The molecule has 1 fully saturated rings. The molecule has 4 nitrogen and oxygen atoms in total. The van der Waals surface area contributed by atoms with Crippen LogP contribution in [0, 0.1) is 5.92 Å². The van der Waals surface area contributed by atoms with E-state index in [0.29, 0.717) is 18.4 Å². The van der Waals surface area contributed by atoms with Gasteiger partial charge in [0, 0.05) is 25.6 Å². The van der Waals surface area contributed by atoms with E-state index in [1.165, 1.54) is 19.4 Å². The van der Waals surface area contributed by atoms with Gasteiger partial charge < -0.3 is 15.0 Å². The molecule has 1 N–H and O–H groups in total. The van der Waals surface area contributed by atoms with Crippen LogP contribution >= 0.6 is 0 Å². The molecule has 1 saturated heterocycles. The van der Waals surface area contributed by atoms with Crippen molar-refractivity contribution in [1.29, 1.82) is 0 Å². The number of piperidine rings is 1. The summed E-state index contributed by atoms with van der Waals surface area (Å²) in [5.41, 5.74) is 1.13. The van der Waals surface area contributed by atoms with Crippen molar-refractivity contribution >= 4 is 5.91 Å². The number of likely N-dealkylation sites (tertiary alicyclic amines) is 1. The minimum Gasteiger partial charge on any atom is -0.480 e. The number of para-hydroxylation sites is 1. The maximum absolute atomic E-state index is 12.3. The summed E-state index contributed by atoms with van der Waals surface area (Å²) in [6.45, 7) is 7.51. The fourth-order valence-electron chi connectivity index (χ4n) is 3.42. The smallest absolute Gasteiger partial charge is 0.261 e. The summed E-state index contributed by atoms with van der Waals surface area (Å²) in [5, 5.41) is 3.10. The molecule has 120 valence electrons. The molecule has 0 aliphatic carbocycles. The van der Waals surface area contributed by atoms with E-state index in [1.54, 1.807) is 0 Å². The van der Waals surface area contributed by atoms with Gasteiger partial charge in [-0.1, -0.05) is 18.2 Å². The van der Waals surface area contributed by atoms with Crippen LogP contribution in [-0.2, 0) is 11.2 Å². The van der Waals surface area contributed by atoms with E-state index in [4.69, 9.17) is 4.74 Å². The van der Waals surface area contributed by atoms with Gasteiger partial charge in [-0.05, 0) is 50.8 Å². The molecule has 1 aromatic rings. The second-order valence-electron chi connectivity index (χ2n) is 6.76. The molecule has 2 atom stereocenters. The molecular formula is C18H26N2O2. The topological polar surface area (TPSA) is 41.6 Å². The molecule has 0 aromatic heterocycles. The van der Waals surface area contributed by atoms with E-state index in [0.717, 1.165) is 24.4 Å². The Morgan fingerprint density at radius 2 is 2.23 bits per heavy atom. The van der Waals surface area contributed by atoms with Gasteiger partial charge in [0.15, 0.2) is 6.10 Å². The monoisotopic (exact) mass is 302 g/mol. The maximum atomic E-state index is 12.3. The van der Waals surface area contributed by atoms with E-state index >= 15 is 0 Å². The first-order valence-corrected chi connectivity index (χ1v) is 8.40. The summed E-state index contributed by atoms with van der Waals surface area (Å²) in [6, 6.07) is 8.49. The van der Waals surface area contributed by atoms with Crippen molar-refractivity contribution in [2.45, 2.75) is 45.3 Å². The van der Waals surface area contributed by atoms with Crippen molar-refractivity contribution < 1.29 is 9.53 Å². The number of carbonyl (C=O) groups excluding carboxylic acids is 1. The van der Waals surface area contributed by atoms with Crippen LogP contribution in [0.3, 0.4) is 0 Å². The van der Waals surface area contributed by atoms with E-state index < -0.39 is 0 Å². The van der Waals surface area contributed by atoms with Crippen LogP contribution < -0.4 is 10.1 Å². The number of carbonyl (C=O) groups is 1. The molecule has 3 rings (SSSR count). The highest BCUT2D eigenvalue weighted by atomic mass is 16.5. The van der Waals surface area contributed by atoms with Gasteiger partial charge in [-0.2, -0.15) is 0 Å². The van der Waals surface area contributed by atoms with Crippen LogP contribution in [0.25, 0.3) is 0 Å². The molecule has 1 aromatic carbocycles. The number of fused-ring (bicyclic) bond motifs is 1. The van der Waals surface area contributed by atoms with Crippen molar-refractivity contribution in [2.24, 2.45) is 5.92 Å². The number of rotatable bonds is 4. The Hall–Kier alpha value is -1.55. The minimum atomic E-state index is -0.359. The van der Waals surface area contributed by atoms with Gasteiger partial charge in [0.1, 0.15) is 5.75 Å². The molecule has 0 radical (unpaired) electrons. The molecule has 0 unspecified atom stereocenters. The lowest BCUT2D eigenvalue weighted by molar-refractivity contribution is -0.127. The van der Waals surface area contributed by atoms with Gasteiger partial charge in [0.05, 0.1) is 0 Å². The second-order valence-corrected chi connectivity index (χ2v) is 6.76. The Labute approximate surface area is 132 Å². The third-order valence-corrected chi connectivity index (χ3v) is 4.79. The minimum absolute atomic E-state index is 0.0258. The Kier molecular flexibility index (Phi) is 4.67. The highest BCUT2D eigenvalue weighted by Crippen LogP contribution is 2.28. The molecule has 0 bridgehead atoms. The predicted octanol–water partition coefficient (Wildman–Crippen LogP) is 2.23. The average Bonchev–Trinajstić information content (AvgIpc) is 2.97. The quantitative estimate of drug-likeness (QED) is 0.927. The molecule has 2 aliphatic heterocycles. The summed E-state index contributed by atoms with van der Waals surface area (Å²) in [5.74, 6) is 1.44. The molecular weight excluding hydrogens is 276 g/mol. The standard InChI is InChI=1S/C18H26N2O2/c1-13(2)20-9-5-6-14(12-20)11-19-18(21)17-10-15-7-3-4-8-16(15)22-17/h3-4,7-8,13-14,17H,5-6,9-12H2,1-2H3,(H,19,21)/t14-,17+/m1/s1. The van der Waals surface area contributed by atoms with Crippen LogP contribution in [0.15, 0.2) is 24.3 Å². The van der Waals surface area contributed by atoms with Gasteiger partial charge in [-0.15, -0.1) is 0 Å². The fraction of sp³-hybridized carbons (Fsp3) is 0.611. The van der Waals surface area contributed by atoms with E-state index in [1.807, 2.05) is 24.3 Å². The molecule has 0 spiro atoms. The number of hydrogen-bond donors (Lipinski definition) is 1. The van der Waals surface area contributed by atoms with Gasteiger partial charge in [-0.3, -0.25) is 4.79 Å². The van der Waals surface area contributed by atoms with Gasteiger partial charge >= 0.3 is 0 Å². The van der Waals surface area contributed by atoms with Gasteiger partial charge in [0.25, 0.3) is 5.91 Å². The predicted molar refractivity (Wildman–Crippen MR) is 87.0 cm³/mol. The second kappa shape index (κ2) is 6.69. The summed E-state index contributed by atoms with van der Waals surface area (Å²) < 4.78 is 5.75. The van der Waals surface area contributed by atoms with Crippen molar-refractivity contribution in [1.82, 2.24) is 10.2 Å². The molecule has 4 heteroatoms. The third-order valence-electron chi connectivity index (χ3n) is 4.79. The number of benzene rings is 1. The van der Waals surface area contributed by atoms with Crippen molar-refractivity contribution in [3.8, 4) is 5.75 Å². The Bertz CT molecular complexity index is 505. The zero-order valence-corrected chi connectivity index (χ0v) is 13.5. The average molecular weight is 302 g/mol. The lowest BCUT2D eigenvalue weighted by Gasteiger charge is -2.35.